The summed E-state index contributed by atoms with van der Waals surface area (Å²) in [6.45, 7) is 0. The number of nitrogens with one attached hydrogen (secondary N) is 1. The molecule has 0 amide bonds. The van der Waals surface area contributed by atoms with Gasteiger partial charge in [0.05, 0.1) is 11.6 Å². The van der Waals surface area contributed by atoms with Crippen molar-refractivity contribution in [3.8, 4) is 28.6 Å². The Morgan fingerprint density at radius 3 is 2.42 bits per heavy atom. The molecule has 0 saturated carbocycles. The first-order chi connectivity index (χ1) is 9.36. The molecule has 3 aromatic rings. The van der Waals surface area contributed by atoms with E-state index in [-0.39, 0.29) is 0 Å². The van der Waals surface area contributed by atoms with Crippen molar-refractivity contribution >= 4 is 0 Å². The average molecular weight is 247 g/mol. The number of rotatable bonds is 2. The van der Waals surface area contributed by atoms with Crippen LogP contribution in [-0.2, 0) is 0 Å². The highest BCUT2D eigenvalue weighted by Gasteiger charge is 2.03. The van der Waals surface area contributed by atoms with Gasteiger partial charge in [0.25, 0.3) is 0 Å². The summed E-state index contributed by atoms with van der Waals surface area (Å²) in [6, 6.07) is 17.5. The summed E-state index contributed by atoms with van der Waals surface area (Å²) in [6.07, 6.45) is 0. The highest BCUT2D eigenvalue weighted by molar-refractivity contribution is 5.68. The predicted octanol–water partition coefficient (Wildman–Crippen LogP) is 2.41. The molecule has 1 aromatic heterocycles. The molecule has 5 heteroatoms. The van der Waals surface area contributed by atoms with E-state index < -0.39 is 0 Å². The lowest BCUT2D eigenvalue weighted by atomic mass is 10.0. The number of aromatic amines is 1. The zero-order chi connectivity index (χ0) is 13.1. The fourth-order valence-corrected chi connectivity index (χ4v) is 1.87. The standard InChI is InChI=1S/C14H9N5/c15-9-10-2-1-3-13(8-10)11-4-6-12(7-5-11)14-16-18-19-17-14/h1-8H,(H,16,17,18,19). The van der Waals surface area contributed by atoms with Crippen LogP contribution in [0.2, 0.25) is 0 Å². The Morgan fingerprint density at radius 1 is 0.947 bits per heavy atom. The third-order valence-electron chi connectivity index (χ3n) is 2.83. The van der Waals surface area contributed by atoms with Crippen molar-refractivity contribution in [2.75, 3.05) is 0 Å². The second kappa shape index (κ2) is 4.70. The maximum atomic E-state index is 8.90. The Labute approximate surface area is 109 Å². The van der Waals surface area contributed by atoms with Gasteiger partial charge in [-0.25, -0.2) is 5.10 Å². The maximum absolute atomic E-state index is 8.90. The molecular formula is C14H9N5. The zero-order valence-electron chi connectivity index (χ0n) is 9.91. The van der Waals surface area contributed by atoms with Gasteiger partial charge in [-0.3, -0.25) is 0 Å². The second-order valence-corrected chi connectivity index (χ2v) is 4.02. The van der Waals surface area contributed by atoms with Crippen LogP contribution in [0.5, 0.6) is 0 Å². The van der Waals surface area contributed by atoms with Gasteiger partial charge in [0, 0.05) is 5.56 Å². The van der Waals surface area contributed by atoms with Crippen LogP contribution in [0.1, 0.15) is 5.56 Å². The van der Waals surface area contributed by atoms with E-state index in [1.807, 2.05) is 42.5 Å². The Balaban J connectivity index is 1.96. The van der Waals surface area contributed by atoms with Crippen LogP contribution in [0, 0.1) is 11.3 Å². The highest BCUT2D eigenvalue weighted by Crippen LogP contribution is 2.23. The minimum absolute atomic E-state index is 0.636. The molecule has 19 heavy (non-hydrogen) atoms. The summed E-state index contributed by atoms with van der Waals surface area (Å²) >= 11 is 0. The highest BCUT2D eigenvalue weighted by atomic mass is 15.5. The molecule has 1 heterocycles. The minimum Gasteiger partial charge on any atom is -0.239 e. The lowest BCUT2D eigenvalue weighted by Crippen LogP contribution is -1.83. The van der Waals surface area contributed by atoms with Crippen molar-refractivity contribution in [2.45, 2.75) is 0 Å². The predicted molar refractivity (Wildman–Crippen MR) is 69.8 cm³/mol. The van der Waals surface area contributed by atoms with Gasteiger partial charge in [0.2, 0.25) is 0 Å². The third kappa shape index (κ3) is 2.19. The number of hydrogen-bond donors (Lipinski definition) is 1. The monoisotopic (exact) mass is 247 g/mol. The van der Waals surface area contributed by atoms with Gasteiger partial charge in [-0.15, -0.1) is 5.10 Å². The van der Waals surface area contributed by atoms with E-state index in [4.69, 9.17) is 5.26 Å². The van der Waals surface area contributed by atoms with E-state index in [1.165, 1.54) is 0 Å². The molecular weight excluding hydrogens is 238 g/mol. The number of tetrazole rings is 1. The summed E-state index contributed by atoms with van der Waals surface area (Å²) in [7, 11) is 0. The Hall–Kier alpha value is -3.00. The van der Waals surface area contributed by atoms with E-state index in [0.717, 1.165) is 16.7 Å². The summed E-state index contributed by atoms with van der Waals surface area (Å²) in [5, 5.41) is 22.6. The van der Waals surface area contributed by atoms with Gasteiger partial charge in [-0.1, -0.05) is 36.4 Å². The largest absolute Gasteiger partial charge is 0.239 e. The van der Waals surface area contributed by atoms with Crippen molar-refractivity contribution in [1.29, 1.82) is 5.26 Å². The minimum atomic E-state index is 0.636. The molecule has 0 radical (unpaired) electrons. The average Bonchev–Trinajstić information content (AvgIpc) is 3.02. The smallest absolute Gasteiger partial charge is 0.179 e. The van der Waals surface area contributed by atoms with Crippen LogP contribution < -0.4 is 0 Å². The number of benzene rings is 2. The van der Waals surface area contributed by atoms with Crippen LogP contribution in [-0.4, -0.2) is 20.6 Å². The number of H-pyrrole nitrogens is 1. The molecule has 0 aliphatic rings. The zero-order valence-corrected chi connectivity index (χ0v) is 9.91. The van der Waals surface area contributed by atoms with Crippen LogP contribution in [0.25, 0.3) is 22.5 Å². The molecule has 0 atom stereocenters. The molecule has 0 aliphatic carbocycles. The summed E-state index contributed by atoms with van der Waals surface area (Å²) in [5.41, 5.74) is 3.64. The van der Waals surface area contributed by atoms with Crippen molar-refractivity contribution in [3.63, 3.8) is 0 Å². The van der Waals surface area contributed by atoms with Crippen molar-refractivity contribution in [2.24, 2.45) is 0 Å². The fraction of sp³-hybridized carbons (Fsp3) is 0. The number of hydrogen-bond acceptors (Lipinski definition) is 4. The quantitative estimate of drug-likeness (QED) is 0.754. The fourth-order valence-electron chi connectivity index (χ4n) is 1.87. The Kier molecular flexibility index (Phi) is 2.75. The lowest BCUT2D eigenvalue weighted by Gasteiger charge is -2.03. The van der Waals surface area contributed by atoms with E-state index in [9.17, 15) is 0 Å². The first-order valence-corrected chi connectivity index (χ1v) is 5.71. The van der Waals surface area contributed by atoms with Gasteiger partial charge in [-0.2, -0.15) is 5.26 Å². The van der Waals surface area contributed by atoms with Gasteiger partial charge in [-0.05, 0) is 33.7 Å². The molecule has 0 bridgehead atoms. The van der Waals surface area contributed by atoms with Crippen molar-refractivity contribution in [1.82, 2.24) is 20.6 Å². The number of aromatic nitrogens is 4. The third-order valence-corrected chi connectivity index (χ3v) is 2.83. The SMILES string of the molecule is N#Cc1cccc(-c2ccc(-c3nnn[nH]3)cc2)c1. The molecule has 0 unspecified atom stereocenters. The molecule has 0 fully saturated rings. The Bertz CT molecular complexity index is 723. The van der Waals surface area contributed by atoms with E-state index in [2.05, 4.69) is 26.7 Å². The van der Waals surface area contributed by atoms with E-state index >= 15 is 0 Å². The Morgan fingerprint density at radius 2 is 1.74 bits per heavy atom. The normalized spacial score (nSPS) is 10.1. The van der Waals surface area contributed by atoms with Gasteiger partial charge >= 0.3 is 0 Å². The molecule has 3 rings (SSSR count). The molecule has 5 nitrogen and oxygen atoms in total. The van der Waals surface area contributed by atoms with Crippen molar-refractivity contribution in [3.05, 3.63) is 54.1 Å². The number of nitriles is 1. The summed E-state index contributed by atoms with van der Waals surface area (Å²) < 4.78 is 0. The molecule has 0 aliphatic heterocycles. The van der Waals surface area contributed by atoms with Crippen molar-refractivity contribution < 1.29 is 0 Å². The molecule has 0 spiro atoms. The van der Waals surface area contributed by atoms with Gasteiger partial charge < -0.3 is 0 Å². The van der Waals surface area contributed by atoms with Crippen LogP contribution >= 0.6 is 0 Å². The second-order valence-electron chi connectivity index (χ2n) is 4.02. The van der Waals surface area contributed by atoms with E-state index in [1.54, 1.807) is 6.07 Å². The van der Waals surface area contributed by atoms with Crippen LogP contribution in [0.3, 0.4) is 0 Å². The van der Waals surface area contributed by atoms with Crippen LogP contribution in [0.15, 0.2) is 48.5 Å². The van der Waals surface area contributed by atoms with Gasteiger partial charge in [0.15, 0.2) is 5.82 Å². The van der Waals surface area contributed by atoms with Gasteiger partial charge in [0.1, 0.15) is 0 Å². The topological polar surface area (TPSA) is 78.2 Å². The molecule has 2 aromatic carbocycles. The lowest BCUT2D eigenvalue weighted by molar-refractivity contribution is 0.881. The first-order valence-electron chi connectivity index (χ1n) is 5.71. The molecule has 90 valence electrons. The maximum Gasteiger partial charge on any atom is 0.179 e. The summed E-state index contributed by atoms with van der Waals surface area (Å²) in [4.78, 5) is 0. The number of nitrogens with zero attached hydrogens (tertiary/aromatic N) is 4. The van der Waals surface area contributed by atoms with Crippen LogP contribution in [0.4, 0.5) is 0 Å². The molecule has 0 saturated heterocycles. The molecule has 1 N–H and O–H groups in total. The van der Waals surface area contributed by atoms with E-state index in [0.29, 0.717) is 11.4 Å². The summed E-state index contributed by atoms with van der Waals surface area (Å²) in [5.74, 6) is 0.636. The first kappa shape index (κ1) is 11.1.